The predicted octanol–water partition coefficient (Wildman–Crippen LogP) is 1.72. The van der Waals surface area contributed by atoms with Crippen LogP contribution in [0.1, 0.15) is 43.3 Å². The SMILES string of the molecule is COC1NC(=O)CCC1c1nn(C2CCN(CC(=O)O)CC2)c2ccccc12. The lowest BCUT2D eigenvalue weighted by molar-refractivity contribution is -0.138. The number of rotatable bonds is 5. The Labute approximate surface area is 163 Å². The highest BCUT2D eigenvalue weighted by molar-refractivity contribution is 5.83. The van der Waals surface area contributed by atoms with Crippen molar-refractivity contribution in [2.24, 2.45) is 0 Å². The van der Waals surface area contributed by atoms with E-state index >= 15 is 0 Å². The molecule has 0 bridgehead atoms. The second-order valence-electron chi connectivity index (χ2n) is 7.62. The van der Waals surface area contributed by atoms with Gasteiger partial charge >= 0.3 is 5.97 Å². The topological polar surface area (TPSA) is 96.7 Å². The minimum atomic E-state index is -0.782. The molecule has 2 atom stereocenters. The number of hydrogen-bond acceptors (Lipinski definition) is 5. The maximum Gasteiger partial charge on any atom is 0.317 e. The Morgan fingerprint density at radius 3 is 2.75 bits per heavy atom. The van der Waals surface area contributed by atoms with Gasteiger partial charge in [-0.2, -0.15) is 5.10 Å². The molecular formula is C20H26N4O4. The number of para-hydroxylation sites is 1. The van der Waals surface area contributed by atoms with Crippen molar-refractivity contribution >= 4 is 22.8 Å². The van der Waals surface area contributed by atoms with Crippen LogP contribution in [0.2, 0.25) is 0 Å². The number of likely N-dealkylation sites (tertiary alicyclic amines) is 1. The first kappa shape index (κ1) is 18.9. The fourth-order valence-electron chi connectivity index (χ4n) is 4.45. The van der Waals surface area contributed by atoms with E-state index in [1.807, 2.05) is 17.0 Å². The zero-order valence-electron chi connectivity index (χ0n) is 16.0. The maximum absolute atomic E-state index is 11.8. The molecule has 2 saturated heterocycles. The van der Waals surface area contributed by atoms with E-state index in [1.54, 1.807) is 7.11 Å². The lowest BCUT2D eigenvalue weighted by Gasteiger charge is -2.31. The lowest BCUT2D eigenvalue weighted by atomic mass is 9.92. The molecule has 2 fully saturated rings. The highest BCUT2D eigenvalue weighted by atomic mass is 16.5. The van der Waals surface area contributed by atoms with E-state index in [-0.39, 0.29) is 30.6 Å². The summed E-state index contributed by atoms with van der Waals surface area (Å²) in [6, 6.07) is 8.43. The van der Waals surface area contributed by atoms with E-state index < -0.39 is 5.97 Å². The number of carboxylic acid groups (broad SMARTS) is 1. The van der Waals surface area contributed by atoms with E-state index in [2.05, 4.69) is 22.1 Å². The molecule has 0 aliphatic carbocycles. The van der Waals surface area contributed by atoms with Gasteiger partial charge in [-0.05, 0) is 25.3 Å². The first-order valence-corrected chi connectivity index (χ1v) is 9.80. The fraction of sp³-hybridized carbons (Fsp3) is 0.550. The number of carbonyl (C=O) groups excluding carboxylic acids is 1. The summed E-state index contributed by atoms with van der Waals surface area (Å²) in [5.74, 6) is -0.756. The second-order valence-corrected chi connectivity index (χ2v) is 7.62. The number of hydrogen-bond donors (Lipinski definition) is 2. The highest BCUT2D eigenvalue weighted by Crippen LogP contribution is 2.35. The van der Waals surface area contributed by atoms with E-state index in [0.717, 1.165) is 42.5 Å². The van der Waals surface area contributed by atoms with Gasteiger partial charge in [-0.3, -0.25) is 19.2 Å². The van der Waals surface area contributed by atoms with Gasteiger partial charge in [-0.1, -0.05) is 18.2 Å². The van der Waals surface area contributed by atoms with Crippen molar-refractivity contribution < 1.29 is 19.4 Å². The molecule has 4 rings (SSSR count). The summed E-state index contributed by atoms with van der Waals surface area (Å²) in [5.41, 5.74) is 2.05. The number of aliphatic carboxylic acids is 1. The minimum absolute atomic E-state index is 0.0117. The molecule has 3 heterocycles. The molecule has 2 aliphatic heterocycles. The van der Waals surface area contributed by atoms with Crippen LogP contribution in [0.4, 0.5) is 0 Å². The molecule has 1 aromatic carbocycles. The summed E-state index contributed by atoms with van der Waals surface area (Å²) in [4.78, 5) is 24.7. The molecule has 0 saturated carbocycles. The molecular weight excluding hydrogens is 360 g/mol. The summed E-state index contributed by atoms with van der Waals surface area (Å²) >= 11 is 0. The van der Waals surface area contributed by atoms with Gasteiger partial charge in [0.1, 0.15) is 6.23 Å². The van der Waals surface area contributed by atoms with Crippen molar-refractivity contribution in [2.45, 2.75) is 43.9 Å². The number of ether oxygens (including phenoxy) is 1. The van der Waals surface area contributed by atoms with Crippen molar-refractivity contribution in [1.82, 2.24) is 20.0 Å². The lowest BCUT2D eigenvalue weighted by Crippen LogP contribution is -2.45. The van der Waals surface area contributed by atoms with Crippen LogP contribution < -0.4 is 5.32 Å². The summed E-state index contributed by atoms with van der Waals surface area (Å²) in [6.45, 7) is 1.59. The molecule has 150 valence electrons. The normalized spacial score (nSPS) is 24.4. The van der Waals surface area contributed by atoms with Crippen LogP contribution in [0, 0.1) is 0 Å². The third-order valence-electron chi connectivity index (χ3n) is 5.86. The molecule has 28 heavy (non-hydrogen) atoms. The molecule has 1 amide bonds. The van der Waals surface area contributed by atoms with Gasteiger partial charge in [0, 0.05) is 37.9 Å². The monoisotopic (exact) mass is 386 g/mol. The number of amides is 1. The standard InChI is InChI=1S/C20H26N4O4/c1-28-20-15(6-7-17(25)21-20)19-14-4-2-3-5-16(14)24(22-19)13-8-10-23(11-9-13)12-18(26)27/h2-5,13,15,20H,6-12H2,1H3,(H,21,25)(H,26,27). The molecule has 2 aromatic rings. The minimum Gasteiger partial charge on any atom is -0.480 e. The first-order valence-electron chi connectivity index (χ1n) is 9.80. The average molecular weight is 386 g/mol. The van der Waals surface area contributed by atoms with E-state index in [1.165, 1.54) is 0 Å². The predicted molar refractivity (Wildman–Crippen MR) is 103 cm³/mol. The van der Waals surface area contributed by atoms with Gasteiger partial charge in [0.15, 0.2) is 0 Å². The second kappa shape index (κ2) is 7.89. The van der Waals surface area contributed by atoms with Crippen LogP contribution in [0.15, 0.2) is 24.3 Å². The Kier molecular flexibility index (Phi) is 5.32. The molecule has 0 spiro atoms. The average Bonchev–Trinajstić information content (AvgIpc) is 3.07. The first-order chi connectivity index (χ1) is 13.6. The van der Waals surface area contributed by atoms with Crippen LogP contribution in [0.25, 0.3) is 10.9 Å². The fourth-order valence-corrected chi connectivity index (χ4v) is 4.45. The number of nitrogens with zero attached hydrogens (tertiary/aromatic N) is 3. The van der Waals surface area contributed by atoms with Gasteiger partial charge in [-0.25, -0.2) is 0 Å². The Balaban J connectivity index is 1.62. The van der Waals surface area contributed by atoms with Crippen molar-refractivity contribution in [3.8, 4) is 0 Å². The Morgan fingerprint density at radius 1 is 1.29 bits per heavy atom. The van der Waals surface area contributed by atoms with Gasteiger partial charge in [0.2, 0.25) is 5.91 Å². The van der Waals surface area contributed by atoms with Gasteiger partial charge in [0.05, 0.1) is 23.8 Å². The Morgan fingerprint density at radius 2 is 2.04 bits per heavy atom. The van der Waals surface area contributed by atoms with Gasteiger partial charge in [0.25, 0.3) is 0 Å². The molecule has 8 nitrogen and oxygen atoms in total. The summed E-state index contributed by atoms with van der Waals surface area (Å²) in [6.07, 6.45) is 2.55. The van der Waals surface area contributed by atoms with E-state index in [4.69, 9.17) is 14.9 Å². The molecule has 2 aliphatic rings. The number of fused-ring (bicyclic) bond motifs is 1. The number of benzene rings is 1. The largest absolute Gasteiger partial charge is 0.480 e. The van der Waals surface area contributed by atoms with Crippen LogP contribution in [-0.4, -0.2) is 64.6 Å². The van der Waals surface area contributed by atoms with Crippen LogP contribution in [-0.2, 0) is 14.3 Å². The quantitative estimate of drug-likeness (QED) is 0.812. The zero-order chi connectivity index (χ0) is 19.7. The molecule has 0 radical (unpaired) electrons. The number of carboxylic acids is 1. The summed E-state index contributed by atoms with van der Waals surface area (Å²) in [5, 5.41) is 18.0. The van der Waals surface area contributed by atoms with Gasteiger partial charge < -0.3 is 15.2 Å². The number of piperidine rings is 2. The van der Waals surface area contributed by atoms with Crippen LogP contribution in [0.3, 0.4) is 0 Å². The molecule has 2 unspecified atom stereocenters. The van der Waals surface area contributed by atoms with Crippen molar-refractivity contribution in [1.29, 1.82) is 0 Å². The van der Waals surface area contributed by atoms with E-state index in [9.17, 15) is 9.59 Å². The smallest absolute Gasteiger partial charge is 0.317 e. The third kappa shape index (κ3) is 3.62. The summed E-state index contributed by atoms with van der Waals surface area (Å²) < 4.78 is 7.64. The number of carbonyl (C=O) groups is 2. The number of nitrogens with one attached hydrogen (secondary N) is 1. The van der Waals surface area contributed by atoms with Crippen molar-refractivity contribution in [3.05, 3.63) is 30.0 Å². The third-order valence-corrected chi connectivity index (χ3v) is 5.86. The van der Waals surface area contributed by atoms with E-state index in [0.29, 0.717) is 12.8 Å². The molecule has 8 heteroatoms. The highest BCUT2D eigenvalue weighted by Gasteiger charge is 2.34. The zero-order valence-corrected chi connectivity index (χ0v) is 16.0. The van der Waals surface area contributed by atoms with Crippen molar-refractivity contribution in [2.75, 3.05) is 26.7 Å². The van der Waals surface area contributed by atoms with Crippen LogP contribution in [0.5, 0.6) is 0 Å². The number of methoxy groups -OCH3 is 1. The van der Waals surface area contributed by atoms with Crippen LogP contribution >= 0.6 is 0 Å². The number of aromatic nitrogens is 2. The molecule has 2 N–H and O–H groups in total. The van der Waals surface area contributed by atoms with Crippen molar-refractivity contribution in [3.63, 3.8) is 0 Å². The Bertz CT molecular complexity index is 872. The molecule has 1 aromatic heterocycles. The Hall–Kier alpha value is -2.45. The maximum atomic E-state index is 11.8. The van der Waals surface area contributed by atoms with Gasteiger partial charge in [-0.15, -0.1) is 0 Å². The summed E-state index contributed by atoms with van der Waals surface area (Å²) in [7, 11) is 1.61.